The Balaban J connectivity index is 2.55. The summed E-state index contributed by atoms with van der Waals surface area (Å²) in [6.07, 6.45) is 1.49. The Labute approximate surface area is 149 Å². The van der Waals surface area contributed by atoms with Gasteiger partial charge in [-0.15, -0.1) is 0 Å². The molecule has 2 rings (SSSR count). The van der Waals surface area contributed by atoms with Gasteiger partial charge in [-0.05, 0) is 38.8 Å². The molecular formula is C20H26N2O3. The molecule has 1 aromatic carbocycles. The zero-order chi connectivity index (χ0) is 18.8. The van der Waals surface area contributed by atoms with E-state index in [-0.39, 0.29) is 23.5 Å². The van der Waals surface area contributed by atoms with Gasteiger partial charge in [-0.1, -0.05) is 38.5 Å². The number of aromatic nitrogens is 2. The van der Waals surface area contributed by atoms with Crippen LogP contribution >= 0.6 is 0 Å². The molecule has 0 aliphatic heterocycles. The summed E-state index contributed by atoms with van der Waals surface area (Å²) in [5.74, 6) is 1.06. The van der Waals surface area contributed by atoms with E-state index in [9.17, 15) is 4.79 Å². The molecule has 0 N–H and O–H groups in total. The number of hydrogen-bond acceptors (Lipinski definition) is 5. The lowest BCUT2D eigenvalue weighted by molar-refractivity contribution is 0.0521. The highest BCUT2D eigenvalue weighted by atomic mass is 16.5. The molecule has 0 saturated carbocycles. The topological polar surface area (TPSA) is 61.3 Å². The van der Waals surface area contributed by atoms with Gasteiger partial charge in [0.05, 0.1) is 6.61 Å². The fraction of sp³-hybridized carbons (Fsp3) is 0.450. The maximum Gasteiger partial charge on any atom is 0.345 e. The van der Waals surface area contributed by atoms with Crippen molar-refractivity contribution in [2.45, 2.75) is 53.9 Å². The lowest BCUT2D eigenvalue weighted by atomic mass is 9.95. The van der Waals surface area contributed by atoms with Crippen LogP contribution in [0.1, 0.15) is 60.6 Å². The Hall–Kier alpha value is -2.43. The van der Waals surface area contributed by atoms with Crippen LogP contribution in [-0.2, 0) is 10.2 Å². The van der Waals surface area contributed by atoms with Gasteiger partial charge in [0.1, 0.15) is 17.1 Å². The third-order valence-corrected chi connectivity index (χ3v) is 3.72. The van der Waals surface area contributed by atoms with Crippen molar-refractivity contribution >= 4 is 5.97 Å². The van der Waals surface area contributed by atoms with Crippen molar-refractivity contribution in [3.63, 3.8) is 0 Å². The van der Waals surface area contributed by atoms with E-state index in [1.54, 1.807) is 6.92 Å². The predicted molar refractivity (Wildman–Crippen MR) is 97.4 cm³/mol. The Bertz CT molecular complexity index is 769. The fourth-order valence-corrected chi connectivity index (χ4v) is 2.58. The first-order valence-corrected chi connectivity index (χ1v) is 8.43. The quantitative estimate of drug-likeness (QED) is 0.756. The van der Waals surface area contributed by atoms with Crippen molar-refractivity contribution in [2.24, 2.45) is 0 Å². The highest BCUT2D eigenvalue weighted by Gasteiger charge is 2.24. The van der Waals surface area contributed by atoms with E-state index in [1.807, 2.05) is 53.7 Å². The molecule has 5 heteroatoms. The first-order valence-electron chi connectivity index (χ1n) is 8.43. The highest BCUT2D eigenvalue weighted by Crippen LogP contribution is 2.32. The smallest absolute Gasteiger partial charge is 0.345 e. The van der Waals surface area contributed by atoms with Crippen molar-refractivity contribution in [3.05, 3.63) is 46.4 Å². The molecule has 1 aromatic heterocycles. The van der Waals surface area contributed by atoms with Gasteiger partial charge in [0.2, 0.25) is 5.88 Å². The molecule has 0 radical (unpaired) electrons. The zero-order valence-electron chi connectivity index (χ0n) is 16.1. The summed E-state index contributed by atoms with van der Waals surface area (Å²) in [6.45, 7) is 14.1. The van der Waals surface area contributed by atoms with E-state index in [4.69, 9.17) is 9.47 Å². The number of nitrogens with zero attached hydrogens (tertiary/aromatic N) is 2. The van der Waals surface area contributed by atoms with Crippen LogP contribution in [0.25, 0.3) is 0 Å². The van der Waals surface area contributed by atoms with E-state index in [0.29, 0.717) is 11.6 Å². The number of rotatable bonds is 4. The maximum absolute atomic E-state index is 12.3. The molecule has 0 aliphatic rings. The number of aryl methyl sites for hydroxylation is 3. The van der Waals surface area contributed by atoms with Crippen LogP contribution in [-0.4, -0.2) is 22.5 Å². The SMILES string of the molecule is CCOC(=O)c1cnc(C(C)(C)C)nc1Oc1c(C)cc(C)cc1C. The third-order valence-electron chi connectivity index (χ3n) is 3.72. The molecule has 0 saturated heterocycles. The largest absolute Gasteiger partial charge is 0.462 e. The van der Waals surface area contributed by atoms with Gasteiger partial charge in [-0.25, -0.2) is 9.78 Å². The molecular weight excluding hydrogens is 316 g/mol. The molecule has 2 aromatic rings. The van der Waals surface area contributed by atoms with Crippen molar-refractivity contribution in [2.75, 3.05) is 6.61 Å². The average molecular weight is 342 g/mol. The summed E-state index contributed by atoms with van der Waals surface area (Å²) in [7, 11) is 0. The van der Waals surface area contributed by atoms with Gasteiger partial charge in [-0.2, -0.15) is 4.98 Å². The van der Waals surface area contributed by atoms with Crippen LogP contribution in [0.5, 0.6) is 11.6 Å². The molecule has 134 valence electrons. The molecule has 0 amide bonds. The predicted octanol–water partition coefficient (Wildman–Crippen LogP) is 4.67. The van der Waals surface area contributed by atoms with Crippen LogP contribution in [0.4, 0.5) is 0 Å². The van der Waals surface area contributed by atoms with E-state index in [1.165, 1.54) is 6.20 Å². The van der Waals surface area contributed by atoms with Crippen LogP contribution in [0.3, 0.4) is 0 Å². The number of benzene rings is 1. The molecule has 0 aliphatic carbocycles. The molecule has 0 unspecified atom stereocenters. The standard InChI is InChI=1S/C20H26N2O3/c1-8-24-18(23)15-11-21-19(20(5,6)7)22-17(15)25-16-13(3)9-12(2)10-14(16)4/h9-11H,8H2,1-7H3. The van der Waals surface area contributed by atoms with Crippen molar-refractivity contribution < 1.29 is 14.3 Å². The Morgan fingerprint density at radius 2 is 1.72 bits per heavy atom. The maximum atomic E-state index is 12.3. The van der Waals surface area contributed by atoms with E-state index < -0.39 is 5.97 Å². The zero-order valence-corrected chi connectivity index (χ0v) is 16.1. The van der Waals surface area contributed by atoms with Crippen LogP contribution in [0, 0.1) is 20.8 Å². The minimum absolute atomic E-state index is 0.230. The van der Waals surface area contributed by atoms with Gasteiger partial charge in [0.15, 0.2) is 0 Å². The highest BCUT2D eigenvalue weighted by molar-refractivity contribution is 5.91. The molecule has 1 heterocycles. The lowest BCUT2D eigenvalue weighted by Gasteiger charge is -2.19. The summed E-state index contributed by atoms with van der Waals surface area (Å²) in [5.41, 5.74) is 3.11. The van der Waals surface area contributed by atoms with E-state index in [0.717, 1.165) is 16.7 Å². The second-order valence-electron chi connectivity index (χ2n) is 7.21. The van der Waals surface area contributed by atoms with Crippen LogP contribution < -0.4 is 4.74 Å². The average Bonchev–Trinajstić information content (AvgIpc) is 2.50. The number of hydrogen-bond donors (Lipinski definition) is 0. The summed E-state index contributed by atoms with van der Waals surface area (Å²) < 4.78 is 11.2. The first kappa shape index (κ1) is 18.9. The van der Waals surface area contributed by atoms with Crippen LogP contribution in [0.15, 0.2) is 18.3 Å². The van der Waals surface area contributed by atoms with Crippen molar-refractivity contribution in [1.29, 1.82) is 0 Å². The molecule has 25 heavy (non-hydrogen) atoms. The summed E-state index contributed by atoms with van der Waals surface area (Å²) >= 11 is 0. The second kappa shape index (κ2) is 7.21. The summed E-state index contributed by atoms with van der Waals surface area (Å²) in [4.78, 5) is 21.1. The molecule has 0 fully saturated rings. The van der Waals surface area contributed by atoms with E-state index >= 15 is 0 Å². The Morgan fingerprint density at radius 1 is 1.12 bits per heavy atom. The first-order chi connectivity index (χ1) is 11.6. The minimum Gasteiger partial charge on any atom is -0.462 e. The molecule has 0 bridgehead atoms. The molecule has 5 nitrogen and oxygen atoms in total. The van der Waals surface area contributed by atoms with Gasteiger partial charge in [-0.3, -0.25) is 0 Å². The number of carbonyl (C=O) groups excluding carboxylic acids is 1. The number of esters is 1. The Morgan fingerprint density at radius 3 is 2.24 bits per heavy atom. The fourth-order valence-electron chi connectivity index (χ4n) is 2.58. The second-order valence-corrected chi connectivity index (χ2v) is 7.21. The summed E-state index contributed by atoms with van der Waals surface area (Å²) in [6, 6.07) is 4.08. The van der Waals surface area contributed by atoms with Crippen molar-refractivity contribution in [1.82, 2.24) is 9.97 Å². The lowest BCUT2D eigenvalue weighted by Crippen LogP contribution is -2.18. The van der Waals surface area contributed by atoms with Crippen molar-refractivity contribution in [3.8, 4) is 11.6 Å². The third kappa shape index (κ3) is 4.35. The van der Waals surface area contributed by atoms with E-state index in [2.05, 4.69) is 9.97 Å². The van der Waals surface area contributed by atoms with Gasteiger partial charge in [0, 0.05) is 11.6 Å². The monoisotopic (exact) mass is 342 g/mol. The van der Waals surface area contributed by atoms with Gasteiger partial charge in [0.25, 0.3) is 0 Å². The number of ether oxygens (including phenoxy) is 2. The van der Waals surface area contributed by atoms with Gasteiger partial charge >= 0.3 is 5.97 Å². The molecule has 0 atom stereocenters. The Kier molecular flexibility index (Phi) is 5.45. The summed E-state index contributed by atoms with van der Waals surface area (Å²) in [5, 5.41) is 0. The molecule has 0 spiro atoms. The normalized spacial score (nSPS) is 11.3. The van der Waals surface area contributed by atoms with Crippen LogP contribution in [0.2, 0.25) is 0 Å². The minimum atomic E-state index is -0.486. The number of carbonyl (C=O) groups is 1. The van der Waals surface area contributed by atoms with Gasteiger partial charge < -0.3 is 9.47 Å².